The van der Waals surface area contributed by atoms with E-state index in [0.717, 1.165) is 0 Å². The van der Waals surface area contributed by atoms with Crippen molar-refractivity contribution in [3.05, 3.63) is 65.7 Å². The first-order valence-corrected chi connectivity index (χ1v) is 12.7. The fraction of sp³-hybridized carbons (Fsp3) is 0.429. The molecule has 0 aliphatic carbocycles. The molecule has 3 atom stereocenters. The summed E-state index contributed by atoms with van der Waals surface area (Å²) in [6, 6.07) is 11.9. The zero-order valence-corrected chi connectivity index (χ0v) is 23.6. The fourth-order valence-electron chi connectivity index (χ4n) is 3.34. The average Bonchev–Trinajstić information content (AvgIpc) is 2.85. The molecule has 0 heterocycles. The first-order chi connectivity index (χ1) is 18.5. The summed E-state index contributed by atoms with van der Waals surface area (Å²) < 4.78 is 10.5. The molecule has 0 aromatic heterocycles. The molecule has 218 valence electrons. The largest absolute Gasteiger partial charge is 0.444 e. The Labute approximate surface area is 234 Å². The highest BCUT2D eigenvalue weighted by Crippen LogP contribution is 2.17. The van der Waals surface area contributed by atoms with Crippen molar-refractivity contribution in [2.75, 3.05) is 5.32 Å². The van der Waals surface area contributed by atoms with E-state index in [1.807, 2.05) is 0 Å². The molecular weight excluding hydrogens is 518 g/mol. The van der Waals surface area contributed by atoms with Crippen LogP contribution < -0.4 is 22.2 Å². The second kappa shape index (κ2) is 13.4. The second-order valence-electron chi connectivity index (χ2n) is 11.1. The molecule has 12 heteroatoms. The van der Waals surface area contributed by atoms with Crippen LogP contribution in [-0.2, 0) is 25.5 Å². The number of imide groups is 1. The van der Waals surface area contributed by atoms with E-state index in [1.165, 1.54) is 0 Å². The highest BCUT2D eigenvalue weighted by atomic mass is 16.6. The van der Waals surface area contributed by atoms with Crippen LogP contribution in [0.2, 0.25) is 0 Å². The molecule has 0 bridgehead atoms. The monoisotopic (exact) mass is 557 g/mol. The lowest BCUT2D eigenvalue weighted by atomic mass is 10.0. The predicted molar refractivity (Wildman–Crippen MR) is 149 cm³/mol. The number of ether oxygens (including phenoxy) is 2. The highest BCUT2D eigenvalue weighted by molar-refractivity contribution is 5.98. The van der Waals surface area contributed by atoms with E-state index in [9.17, 15) is 24.3 Å². The molecule has 0 radical (unpaired) electrons. The molecule has 1 unspecified atom stereocenters. The van der Waals surface area contributed by atoms with E-state index in [1.54, 1.807) is 96.1 Å². The van der Waals surface area contributed by atoms with Crippen molar-refractivity contribution < 1.29 is 33.8 Å². The van der Waals surface area contributed by atoms with Crippen molar-refractivity contribution in [2.45, 2.75) is 77.4 Å². The van der Waals surface area contributed by atoms with Crippen molar-refractivity contribution in [3.8, 4) is 0 Å². The number of hydrazine groups is 1. The van der Waals surface area contributed by atoms with Gasteiger partial charge in [-0.05, 0) is 71.2 Å². The summed E-state index contributed by atoms with van der Waals surface area (Å²) in [5, 5.41) is 13.5. The van der Waals surface area contributed by atoms with Gasteiger partial charge in [0, 0.05) is 5.69 Å². The normalized spacial score (nSPS) is 13.8. The Balaban J connectivity index is 2.14. The Morgan fingerprint density at radius 3 is 1.95 bits per heavy atom. The van der Waals surface area contributed by atoms with Crippen molar-refractivity contribution in [2.24, 2.45) is 11.5 Å². The Morgan fingerprint density at radius 1 is 0.875 bits per heavy atom. The quantitative estimate of drug-likeness (QED) is 0.319. The van der Waals surface area contributed by atoms with Crippen LogP contribution in [0.4, 0.5) is 15.3 Å². The number of hydrogen-bond acceptors (Lipinski definition) is 9. The number of nitrogens with two attached hydrogens (primary N) is 2. The maximum atomic E-state index is 13.2. The third-order valence-electron chi connectivity index (χ3n) is 5.17. The van der Waals surface area contributed by atoms with Crippen molar-refractivity contribution >= 4 is 29.7 Å². The summed E-state index contributed by atoms with van der Waals surface area (Å²) in [7, 11) is 0. The number of aliphatic hydroxyl groups is 1. The molecule has 4 amide bonds. The van der Waals surface area contributed by atoms with E-state index < -0.39 is 53.4 Å². The minimum Gasteiger partial charge on any atom is -0.444 e. The molecule has 0 aliphatic rings. The summed E-state index contributed by atoms with van der Waals surface area (Å²) in [5.74, 6) is -1.96. The topological polar surface area (TPSA) is 186 Å². The molecule has 40 heavy (non-hydrogen) atoms. The van der Waals surface area contributed by atoms with Crippen LogP contribution in [0.1, 0.15) is 58.8 Å². The van der Waals surface area contributed by atoms with Crippen molar-refractivity contribution in [3.63, 3.8) is 0 Å². The lowest BCUT2D eigenvalue weighted by Gasteiger charge is -2.29. The lowest BCUT2D eigenvalue weighted by molar-refractivity contribution is -0.143. The number of anilines is 1. The third-order valence-corrected chi connectivity index (χ3v) is 5.17. The van der Waals surface area contributed by atoms with Crippen LogP contribution >= 0.6 is 0 Å². The number of nitrogens with one attached hydrogen (secondary N) is 2. The summed E-state index contributed by atoms with van der Waals surface area (Å²) in [5.41, 5.74) is 14.0. The summed E-state index contributed by atoms with van der Waals surface area (Å²) in [4.78, 5) is 50.9. The first-order valence-electron chi connectivity index (χ1n) is 12.7. The first kappa shape index (κ1) is 32.2. The standard InChI is InChI=1S/C28H39N5O7/c1-27(2,3)39-25(37)31-19-14-12-17(13-15-19)16-20(29)24(36)33(26(38)40-28(4,5)6)32-23(35)21(30)22(34)18-10-8-7-9-11-18/h7-15,20-22,34H,16,29-30H2,1-6H3,(H,31,37)(H,32,35)/t20-,21-,22?/m0/s1. The fourth-order valence-corrected chi connectivity index (χ4v) is 3.34. The highest BCUT2D eigenvalue weighted by Gasteiger charge is 2.35. The molecule has 7 N–H and O–H groups in total. The number of hydrogen-bond donors (Lipinski definition) is 5. The third kappa shape index (κ3) is 10.3. The molecule has 0 spiro atoms. The molecule has 2 aromatic carbocycles. The molecule has 0 fully saturated rings. The Hall–Kier alpha value is -4.00. The van der Waals surface area contributed by atoms with Gasteiger partial charge < -0.3 is 26.0 Å². The van der Waals surface area contributed by atoms with Gasteiger partial charge >= 0.3 is 12.2 Å². The van der Waals surface area contributed by atoms with Gasteiger partial charge in [0.15, 0.2) is 0 Å². The van der Waals surface area contributed by atoms with Gasteiger partial charge in [0.05, 0.1) is 6.04 Å². The van der Waals surface area contributed by atoms with Crippen LogP contribution in [0, 0.1) is 0 Å². The SMILES string of the molecule is CC(C)(C)OC(=O)Nc1ccc(C[C@H](N)C(=O)N(NC(=O)[C@@H](N)C(O)c2ccccc2)C(=O)OC(C)(C)C)cc1. The minimum absolute atomic E-state index is 0.0145. The zero-order valence-electron chi connectivity index (χ0n) is 23.6. The van der Waals surface area contributed by atoms with E-state index in [-0.39, 0.29) is 6.42 Å². The zero-order chi connectivity index (χ0) is 30.3. The maximum Gasteiger partial charge on any atom is 0.436 e. The molecule has 12 nitrogen and oxygen atoms in total. The second-order valence-corrected chi connectivity index (χ2v) is 11.1. The van der Waals surface area contributed by atoms with E-state index >= 15 is 0 Å². The number of aliphatic hydroxyl groups excluding tert-OH is 1. The van der Waals surface area contributed by atoms with Crippen LogP contribution in [0.5, 0.6) is 0 Å². The van der Waals surface area contributed by atoms with Gasteiger partial charge in [-0.3, -0.25) is 20.3 Å². The minimum atomic E-state index is -1.51. The number of benzene rings is 2. The average molecular weight is 558 g/mol. The Kier molecular flexibility index (Phi) is 10.8. The van der Waals surface area contributed by atoms with Gasteiger partial charge in [0.2, 0.25) is 0 Å². The van der Waals surface area contributed by atoms with Gasteiger partial charge in [0.25, 0.3) is 11.8 Å². The Morgan fingerprint density at radius 2 is 1.43 bits per heavy atom. The molecule has 2 rings (SSSR count). The molecule has 0 saturated carbocycles. The van der Waals surface area contributed by atoms with E-state index in [4.69, 9.17) is 20.9 Å². The van der Waals surface area contributed by atoms with Crippen LogP contribution in [0.3, 0.4) is 0 Å². The summed E-state index contributed by atoms with van der Waals surface area (Å²) in [6.45, 7) is 10.0. The van der Waals surface area contributed by atoms with Gasteiger partial charge in [-0.15, -0.1) is 0 Å². The van der Waals surface area contributed by atoms with Crippen LogP contribution in [0.25, 0.3) is 0 Å². The van der Waals surface area contributed by atoms with E-state index in [2.05, 4.69) is 10.7 Å². The van der Waals surface area contributed by atoms with Crippen molar-refractivity contribution in [1.29, 1.82) is 0 Å². The number of rotatable bonds is 7. The molecular formula is C28H39N5O7. The van der Waals surface area contributed by atoms with Gasteiger partial charge in [-0.25, -0.2) is 9.59 Å². The predicted octanol–water partition coefficient (Wildman–Crippen LogP) is 2.76. The van der Waals surface area contributed by atoms with Gasteiger partial charge in [0.1, 0.15) is 23.3 Å². The molecule has 0 aliphatic heterocycles. The molecule has 2 aromatic rings. The van der Waals surface area contributed by atoms with E-state index in [0.29, 0.717) is 21.8 Å². The van der Waals surface area contributed by atoms with Crippen molar-refractivity contribution in [1.82, 2.24) is 10.4 Å². The van der Waals surface area contributed by atoms with Crippen LogP contribution in [0.15, 0.2) is 54.6 Å². The smallest absolute Gasteiger partial charge is 0.436 e. The van der Waals surface area contributed by atoms with Gasteiger partial charge in [-0.1, -0.05) is 42.5 Å². The lowest BCUT2D eigenvalue weighted by Crippen LogP contribution is -2.60. The number of amides is 4. The summed E-state index contributed by atoms with van der Waals surface area (Å²) in [6.07, 6.45) is -3.20. The Bertz CT molecular complexity index is 1170. The number of nitrogens with zero attached hydrogens (tertiary/aromatic N) is 1. The summed E-state index contributed by atoms with van der Waals surface area (Å²) >= 11 is 0. The molecule has 0 saturated heterocycles. The van der Waals surface area contributed by atoms with Crippen LogP contribution in [-0.4, -0.2) is 57.4 Å². The number of carbonyl (C=O) groups excluding carboxylic acids is 4. The maximum absolute atomic E-state index is 13.2. The van der Waals surface area contributed by atoms with Gasteiger partial charge in [-0.2, -0.15) is 5.01 Å². The number of carbonyl (C=O) groups is 4.